The topological polar surface area (TPSA) is 87.0 Å². The second-order valence-electron chi connectivity index (χ2n) is 9.65. The lowest BCUT2D eigenvalue weighted by molar-refractivity contribution is -0.165. The zero-order chi connectivity index (χ0) is 18.9. The maximum absolute atomic E-state index is 11.3. The van der Waals surface area contributed by atoms with Gasteiger partial charge in [-0.1, -0.05) is 25.5 Å². The molecule has 26 heavy (non-hydrogen) atoms. The molecule has 146 valence electrons. The third-order valence-corrected chi connectivity index (χ3v) is 8.30. The monoisotopic (exact) mass is 364 g/mol. The first kappa shape index (κ1) is 18.5. The average molecular weight is 364 g/mol. The Morgan fingerprint density at radius 2 is 1.92 bits per heavy atom. The van der Waals surface area contributed by atoms with E-state index >= 15 is 0 Å². The Kier molecular flexibility index (Phi) is 4.29. The number of ether oxygens (including phenoxy) is 1. The minimum absolute atomic E-state index is 0.000784. The number of aliphatic hydroxyl groups excluding tert-OH is 3. The molecule has 3 unspecified atom stereocenters. The molecule has 5 heteroatoms. The van der Waals surface area contributed by atoms with E-state index in [1.807, 2.05) is 6.08 Å². The van der Waals surface area contributed by atoms with Crippen molar-refractivity contribution in [2.45, 2.75) is 83.7 Å². The summed E-state index contributed by atoms with van der Waals surface area (Å²) in [5.41, 5.74) is 0.650. The fourth-order valence-electron chi connectivity index (χ4n) is 7.04. The Morgan fingerprint density at radius 1 is 1.19 bits per heavy atom. The van der Waals surface area contributed by atoms with Gasteiger partial charge < -0.3 is 20.1 Å². The molecule has 4 rings (SSSR count). The first-order chi connectivity index (χ1) is 12.2. The summed E-state index contributed by atoms with van der Waals surface area (Å²) in [5, 5.41) is 32.7. The Bertz CT molecular complexity index is 630. The van der Waals surface area contributed by atoms with E-state index in [9.17, 15) is 20.1 Å². The molecule has 4 aliphatic rings. The van der Waals surface area contributed by atoms with E-state index in [-0.39, 0.29) is 40.7 Å². The van der Waals surface area contributed by atoms with Crippen LogP contribution in [-0.2, 0) is 9.53 Å². The number of hydrogen-bond acceptors (Lipinski definition) is 5. The Balaban J connectivity index is 1.69. The van der Waals surface area contributed by atoms with Gasteiger partial charge in [0.2, 0.25) is 0 Å². The van der Waals surface area contributed by atoms with Crippen molar-refractivity contribution in [2.75, 3.05) is 0 Å². The highest BCUT2D eigenvalue weighted by Crippen LogP contribution is 2.64. The minimum Gasteiger partial charge on any atom is -0.462 e. The molecular formula is C21H32O5. The lowest BCUT2D eigenvalue weighted by Crippen LogP contribution is -2.60. The maximum Gasteiger partial charge on any atom is 0.302 e. The second-order valence-corrected chi connectivity index (χ2v) is 9.65. The second kappa shape index (κ2) is 6.05. The van der Waals surface area contributed by atoms with E-state index in [1.165, 1.54) is 6.92 Å². The van der Waals surface area contributed by atoms with Gasteiger partial charge in [0.15, 0.2) is 0 Å². The number of aliphatic hydroxyl groups is 3. The summed E-state index contributed by atoms with van der Waals surface area (Å²) in [7, 11) is 0. The fraction of sp³-hybridized carbons (Fsp3) is 0.857. The van der Waals surface area contributed by atoms with Crippen LogP contribution < -0.4 is 0 Å². The molecule has 3 N–H and O–H groups in total. The van der Waals surface area contributed by atoms with Gasteiger partial charge in [-0.3, -0.25) is 4.79 Å². The summed E-state index contributed by atoms with van der Waals surface area (Å²) in [6, 6.07) is 0. The van der Waals surface area contributed by atoms with Crippen LogP contribution in [0.5, 0.6) is 0 Å². The fourth-order valence-corrected chi connectivity index (χ4v) is 7.04. The number of carbonyl (C=O) groups is 1. The van der Waals surface area contributed by atoms with Crippen LogP contribution in [0.4, 0.5) is 0 Å². The lowest BCUT2D eigenvalue weighted by atomic mass is 9.46. The molecule has 5 nitrogen and oxygen atoms in total. The van der Waals surface area contributed by atoms with Crippen LogP contribution in [-0.4, -0.2) is 45.7 Å². The first-order valence-electron chi connectivity index (χ1n) is 10.1. The summed E-state index contributed by atoms with van der Waals surface area (Å²) < 4.78 is 5.43. The predicted octanol–water partition coefficient (Wildman–Crippen LogP) is 2.18. The van der Waals surface area contributed by atoms with Crippen LogP contribution in [0, 0.1) is 28.6 Å². The highest BCUT2D eigenvalue weighted by atomic mass is 16.5. The summed E-state index contributed by atoms with van der Waals surface area (Å²) in [4.78, 5) is 11.3. The van der Waals surface area contributed by atoms with Gasteiger partial charge in [0, 0.05) is 13.3 Å². The zero-order valence-corrected chi connectivity index (χ0v) is 16.0. The van der Waals surface area contributed by atoms with Crippen molar-refractivity contribution in [2.24, 2.45) is 28.6 Å². The van der Waals surface area contributed by atoms with Gasteiger partial charge >= 0.3 is 5.97 Å². The summed E-state index contributed by atoms with van der Waals surface area (Å²) in [6.07, 6.45) is 4.88. The maximum atomic E-state index is 11.3. The standard InChI is InChI=1S/C21H32O5/c1-11(22)26-13-6-7-20(2)12(8-13)9-15(23)18-14-4-5-17(25)21(14,3)10-16(24)19(18)20/h9,13-19,23-25H,4-8,10H2,1-3H3/t13-,14?,15-,16-,17-,18?,19?,20-,21-/m0/s1. The Labute approximate surface area is 155 Å². The van der Waals surface area contributed by atoms with E-state index in [0.717, 1.165) is 31.3 Å². The smallest absolute Gasteiger partial charge is 0.302 e. The molecule has 9 atom stereocenters. The number of fused-ring (bicyclic) bond motifs is 5. The van der Waals surface area contributed by atoms with Gasteiger partial charge in [-0.15, -0.1) is 0 Å². The molecule has 0 heterocycles. The van der Waals surface area contributed by atoms with Crippen molar-refractivity contribution in [3.05, 3.63) is 11.6 Å². The number of esters is 1. The molecule has 4 aliphatic carbocycles. The quantitative estimate of drug-likeness (QED) is 0.490. The predicted molar refractivity (Wildman–Crippen MR) is 96.0 cm³/mol. The van der Waals surface area contributed by atoms with E-state index < -0.39 is 18.3 Å². The molecule has 0 amide bonds. The lowest BCUT2D eigenvalue weighted by Gasteiger charge is -2.60. The van der Waals surface area contributed by atoms with Gasteiger partial charge in [-0.05, 0) is 60.7 Å². The summed E-state index contributed by atoms with van der Waals surface area (Å²) in [5.74, 6) is -0.0392. The third kappa shape index (κ3) is 2.50. The van der Waals surface area contributed by atoms with Gasteiger partial charge in [0.1, 0.15) is 6.10 Å². The third-order valence-electron chi connectivity index (χ3n) is 8.30. The number of carbonyl (C=O) groups excluding carboxylic acids is 1. The van der Waals surface area contributed by atoms with Crippen LogP contribution in [0.25, 0.3) is 0 Å². The van der Waals surface area contributed by atoms with E-state index in [1.54, 1.807) is 0 Å². The van der Waals surface area contributed by atoms with Crippen molar-refractivity contribution in [1.82, 2.24) is 0 Å². The minimum atomic E-state index is -0.608. The van der Waals surface area contributed by atoms with Crippen molar-refractivity contribution >= 4 is 5.97 Å². The molecule has 0 aromatic rings. The van der Waals surface area contributed by atoms with Crippen LogP contribution in [0.3, 0.4) is 0 Å². The molecular weight excluding hydrogens is 332 g/mol. The molecule has 0 spiro atoms. The Hall–Kier alpha value is -0.910. The number of rotatable bonds is 1. The summed E-state index contributed by atoms with van der Waals surface area (Å²) in [6.45, 7) is 5.73. The molecule has 0 radical (unpaired) electrons. The van der Waals surface area contributed by atoms with Gasteiger partial charge in [-0.25, -0.2) is 0 Å². The molecule has 0 bridgehead atoms. The van der Waals surface area contributed by atoms with Crippen molar-refractivity contribution in [3.63, 3.8) is 0 Å². The molecule has 3 saturated carbocycles. The molecule has 3 fully saturated rings. The highest BCUT2D eigenvalue weighted by molar-refractivity contribution is 5.66. The summed E-state index contributed by atoms with van der Waals surface area (Å²) >= 11 is 0. The first-order valence-corrected chi connectivity index (χ1v) is 10.1. The molecule has 0 aromatic carbocycles. The highest BCUT2D eigenvalue weighted by Gasteiger charge is 2.63. The van der Waals surface area contributed by atoms with Crippen molar-refractivity contribution in [1.29, 1.82) is 0 Å². The van der Waals surface area contributed by atoms with Crippen molar-refractivity contribution < 1.29 is 24.9 Å². The van der Waals surface area contributed by atoms with Gasteiger partial charge in [0.05, 0.1) is 18.3 Å². The van der Waals surface area contributed by atoms with Crippen LogP contribution in [0.1, 0.15) is 59.3 Å². The molecule has 0 aromatic heterocycles. The normalized spacial score (nSPS) is 53.2. The molecule has 0 aliphatic heterocycles. The van der Waals surface area contributed by atoms with Crippen molar-refractivity contribution in [3.8, 4) is 0 Å². The van der Waals surface area contributed by atoms with Crippen LogP contribution in [0.2, 0.25) is 0 Å². The van der Waals surface area contributed by atoms with E-state index in [4.69, 9.17) is 4.74 Å². The zero-order valence-electron chi connectivity index (χ0n) is 16.0. The average Bonchev–Trinajstić information content (AvgIpc) is 2.83. The Morgan fingerprint density at radius 3 is 2.62 bits per heavy atom. The van der Waals surface area contributed by atoms with Crippen LogP contribution in [0.15, 0.2) is 11.6 Å². The SMILES string of the molecule is CC(=O)O[C@H]1CC[C@@]2(C)C(=C[C@H](O)C3C2[C@@H](O)C[C@@]2(C)C3CC[C@@H]2O)C1. The van der Waals surface area contributed by atoms with E-state index in [2.05, 4.69) is 13.8 Å². The van der Waals surface area contributed by atoms with Crippen LogP contribution >= 0.6 is 0 Å². The largest absolute Gasteiger partial charge is 0.462 e. The van der Waals surface area contributed by atoms with Gasteiger partial charge in [0.25, 0.3) is 0 Å². The van der Waals surface area contributed by atoms with Gasteiger partial charge in [-0.2, -0.15) is 0 Å². The molecule has 0 saturated heterocycles. The van der Waals surface area contributed by atoms with E-state index in [0.29, 0.717) is 12.8 Å². The number of hydrogen-bond donors (Lipinski definition) is 3.